The van der Waals surface area contributed by atoms with Gasteiger partial charge in [0.1, 0.15) is 11.5 Å². The van der Waals surface area contributed by atoms with E-state index in [4.69, 9.17) is 14.2 Å². The first-order chi connectivity index (χ1) is 23.5. The molecule has 6 aromatic rings. The maximum absolute atomic E-state index is 11.7. The number of hydrogen-bond acceptors (Lipinski definition) is 5. The van der Waals surface area contributed by atoms with Crippen molar-refractivity contribution >= 4 is 27.5 Å². The molecule has 0 radical (unpaired) electrons. The zero-order valence-electron chi connectivity index (χ0n) is 27.2. The molecule has 1 N–H and O–H groups in total. The van der Waals surface area contributed by atoms with Crippen LogP contribution < -0.4 is 9.47 Å². The molecule has 0 aromatic heterocycles. The fourth-order valence-electron chi connectivity index (χ4n) is 6.10. The first kappa shape index (κ1) is 31.5. The average molecular weight is 637 g/mol. The lowest BCUT2D eigenvalue weighted by atomic mass is 9.96. The normalized spacial score (nSPS) is 14.4. The largest absolute Gasteiger partial charge is 0.490 e. The SMILES string of the molecule is COC(=O)c1ccc2cc(-c3cccc(OC4CCC4)c3)ccc2c1.OCc1ccc2cc(-c3cccc(OC4CCC4)c3)ccc2c1. The molecule has 5 heteroatoms. The molecule has 0 spiro atoms. The van der Waals surface area contributed by atoms with Crippen LogP contribution in [-0.2, 0) is 11.3 Å². The summed E-state index contributed by atoms with van der Waals surface area (Å²) in [5.74, 6) is 1.58. The Kier molecular flexibility index (Phi) is 9.39. The summed E-state index contributed by atoms with van der Waals surface area (Å²) in [6.45, 7) is 0.0816. The molecule has 0 aliphatic heterocycles. The molecule has 5 nitrogen and oxygen atoms in total. The molecule has 0 heterocycles. The number of carbonyl (C=O) groups excluding carboxylic acids is 1. The van der Waals surface area contributed by atoms with Crippen LogP contribution in [0, 0.1) is 0 Å². The highest BCUT2D eigenvalue weighted by atomic mass is 16.5. The highest BCUT2D eigenvalue weighted by Crippen LogP contribution is 2.32. The van der Waals surface area contributed by atoms with E-state index >= 15 is 0 Å². The number of esters is 1. The predicted molar refractivity (Wildman–Crippen MR) is 193 cm³/mol. The van der Waals surface area contributed by atoms with E-state index in [1.54, 1.807) is 6.07 Å². The summed E-state index contributed by atoms with van der Waals surface area (Å²) in [5.41, 5.74) is 6.15. The Morgan fingerprint density at radius 2 is 1.06 bits per heavy atom. The van der Waals surface area contributed by atoms with Crippen LogP contribution in [0.15, 0.2) is 121 Å². The van der Waals surface area contributed by atoms with Crippen molar-refractivity contribution in [1.29, 1.82) is 0 Å². The van der Waals surface area contributed by atoms with Crippen LogP contribution in [0.4, 0.5) is 0 Å². The average Bonchev–Trinajstić information content (AvgIpc) is 3.10. The molecule has 6 aromatic carbocycles. The van der Waals surface area contributed by atoms with Crippen molar-refractivity contribution in [3.63, 3.8) is 0 Å². The summed E-state index contributed by atoms with van der Waals surface area (Å²) < 4.78 is 16.8. The number of carbonyl (C=O) groups is 1. The van der Waals surface area contributed by atoms with Crippen molar-refractivity contribution in [3.8, 4) is 33.8 Å². The first-order valence-electron chi connectivity index (χ1n) is 16.8. The van der Waals surface area contributed by atoms with Crippen molar-refractivity contribution in [1.82, 2.24) is 0 Å². The minimum absolute atomic E-state index is 0.0816. The Bertz CT molecular complexity index is 2060. The summed E-state index contributed by atoms with van der Waals surface area (Å²) in [6.07, 6.45) is 7.99. The van der Waals surface area contributed by atoms with E-state index in [1.165, 1.54) is 49.3 Å². The van der Waals surface area contributed by atoms with Crippen molar-refractivity contribution in [2.45, 2.75) is 57.3 Å². The van der Waals surface area contributed by atoms with Gasteiger partial charge in [-0.2, -0.15) is 0 Å². The number of aliphatic hydroxyl groups is 1. The Morgan fingerprint density at radius 3 is 1.56 bits per heavy atom. The molecule has 8 rings (SSSR count). The van der Waals surface area contributed by atoms with E-state index in [0.29, 0.717) is 17.8 Å². The van der Waals surface area contributed by atoms with Gasteiger partial charge in [-0.25, -0.2) is 4.79 Å². The van der Waals surface area contributed by atoms with Crippen LogP contribution in [0.1, 0.15) is 54.4 Å². The number of methoxy groups -OCH3 is 1. The summed E-state index contributed by atoms with van der Waals surface area (Å²) in [6, 6.07) is 41.0. The van der Waals surface area contributed by atoms with Gasteiger partial charge >= 0.3 is 5.97 Å². The van der Waals surface area contributed by atoms with Gasteiger partial charge in [0.05, 0.1) is 31.5 Å². The van der Waals surface area contributed by atoms with Gasteiger partial charge in [-0.15, -0.1) is 0 Å². The van der Waals surface area contributed by atoms with Gasteiger partial charge in [-0.1, -0.05) is 66.7 Å². The second-order valence-corrected chi connectivity index (χ2v) is 12.7. The maximum Gasteiger partial charge on any atom is 0.337 e. The van der Waals surface area contributed by atoms with Crippen LogP contribution in [-0.4, -0.2) is 30.4 Å². The zero-order chi connectivity index (χ0) is 32.9. The van der Waals surface area contributed by atoms with Crippen LogP contribution in [0.25, 0.3) is 43.8 Å². The number of fused-ring (bicyclic) bond motifs is 2. The highest BCUT2D eigenvalue weighted by Gasteiger charge is 2.20. The second kappa shape index (κ2) is 14.3. The van der Waals surface area contributed by atoms with Gasteiger partial charge in [-0.3, -0.25) is 0 Å². The molecular formula is C43H40O5. The number of aliphatic hydroxyl groups excluding tert-OH is 1. The molecular weight excluding hydrogens is 596 g/mol. The molecule has 0 amide bonds. The number of benzene rings is 6. The molecule has 0 atom stereocenters. The lowest BCUT2D eigenvalue weighted by molar-refractivity contribution is 0.0601. The molecule has 2 aliphatic rings. The lowest BCUT2D eigenvalue weighted by Crippen LogP contribution is -2.24. The van der Waals surface area contributed by atoms with E-state index < -0.39 is 0 Å². The Labute approximate surface area is 281 Å². The van der Waals surface area contributed by atoms with E-state index in [-0.39, 0.29) is 12.6 Å². The summed E-state index contributed by atoms with van der Waals surface area (Å²) >= 11 is 0. The van der Waals surface area contributed by atoms with E-state index in [1.807, 2.05) is 48.5 Å². The summed E-state index contributed by atoms with van der Waals surface area (Å²) in [4.78, 5) is 11.7. The zero-order valence-corrected chi connectivity index (χ0v) is 27.2. The number of ether oxygens (including phenoxy) is 3. The molecule has 0 bridgehead atoms. The summed E-state index contributed by atoms with van der Waals surface area (Å²) in [5, 5.41) is 13.7. The van der Waals surface area contributed by atoms with Gasteiger partial charge in [0, 0.05) is 0 Å². The third-order valence-corrected chi connectivity index (χ3v) is 9.39. The van der Waals surface area contributed by atoms with Gasteiger partial charge in [0.2, 0.25) is 0 Å². The minimum Gasteiger partial charge on any atom is -0.490 e. The fourth-order valence-corrected chi connectivity index (χ4v) is 6.10. The van der Waals surface area contributed by atoms with Crippen molar-refractivity contribution in [3.05, 3.63) is 132 Å². The molecule has 2 fully saturated rings. The van der Waals surface area contributed by atoms with Crippen LogP contribution in [0.3, 0.4) is 0 Å². The smallest absolute Gasteiger partial charge is 0.337 e. The summed E-state index contributed by atoms with van der Waals surface area (Å²) in [7, 11) is 1.40. The first-order valence-corrected chi connectivity index (χ1v) is 16.8. The Balaban J connectivity index is 0.000000152. The van der Waals surface area contributed by atoms with Gasteiger partial charge < -0.3 is 19.3 Å². The van der Waals surface area contributed by atoms with Gasteiger partial charge in [0.25, 0.3) is 0 Å². The monoisotopic (exact) mass is 636 g/mol. The van der Waals surface area contributed by atoms with E-state index in [9.17, 15) is 9.90 Å². The van der Waals surface area contributed by atoms with Crippen molar-refractivity contribution in [2.75, 3.05) is 7.11 Å². The van der Waals surface area contributed by atoms with Crippen LogP contribution >= 0.6 is 0 Å². The van der Waals surface area contributed by atoms with Crippen molar-refractivity contribution in [2.24, 2.45) is 0 Å². The predicted octanol–water partition coefficient (Wildman–Crippen LogP) is 10.2. The van der Waals surface area contributed by atoms with Gasteiger partial charge in [-0.05, 0) is 142 Å². The topological polar surface area (TPSA) is 65.0 Å². The maximum atomic E-state index is 11.7. The standard InChI is InChI=1S/C22H20O3.C21H20O2/c1-24-22(23)19-11-10-17-12-16(8-9-18(17)13-19)15-4-2-7-21(14-15)25-20-5-3-6-20;22-14-15-7-8-18-12-19(10-9-17(18)11-15)16-3-1-6-21(13-16)23-20-4-2-5-20/h2,4,7-14,20H,3,5-6H2,1H3;1,3,6-13,20,22H,2,4-5,14H2. The molecule has 2 saturated carbocycles. The van der Waals surface area contributed by atoms with E-state index in [2.05, 4.69) is 66.7 Å². The minimum atomic E-state index is -0.313. The Hall–Kier alpha value is -5.13. The lowest BCUT2D eigenvalue weighted by Gasteiger charge is -2.26. The fraction of sp³-hybridized carbons (Fsp3) is 0.233. The molecule has 0 saturated heterocycles. The molecule has 48 heavy (non-hydrogen) atoms. The molecule has 2 aliphatic carbocycles. The Morgan fingerprint density at radius 1 is 0.583 bits per heavy atom. The third-order valence-electron chi connectivity index (χ3n) is 9.39. The van der Waals surface area contributed by atoms with Crippen LogP contribution in [0.2, 0.25) is 0 Å². The van der Waals surface area contributed by atoms with Crippen molar-refractivity contribution < 1.29 is 24.1 Å². The van der Waals surface area contributed by atoms with Crippen LogP contribution in [0.5, 0.6) is 11.5 Å². The van der Waals surface area contributed by atoms with Gasteiger partial charge in [0.15, 0.2) is 0 Å². The highest BCUT2D eigenvalue weighted by molar-refractivity contribution is 5.96. The van der Waals surface area contributed by atoms with E-state index in [0.717, 1.165) is 57.2 Å². The number of hydrogen-bond donors (Lipinski definition) is 1. The quantitative estimate of drug-likeness (QED) is 0.169. The second-order valence-electron chi connectivity index (χ2n) is 12.7. The molecule has 0 unspecified atom stereocenters. The third kappa shape index (κ3) is 7.22. The number of rotatable bonds is 8. The molecule has 242 valence electrons.